The lowest BCUT2D eigenvalue weighted by Gasteiger charge is -2.40. The van der Waals surface area contributed by atoms with Crippen LogP contribution in [-0.2, 0) is 4.74 Å². The van der Waals surface area contributed by atoms with Crippen LogP contribution >= 0.6 is 0 Å². The van der Waals surface area contributed by atoms with Crippen LogP contribution in [0.15, 0.2) is 27.6 Å². The molecule has 9 nitrogen and oxygen atoms in total. The van der Waals surface area contributed by atoms with Gasteiger partial charge in [-0.3, -0.25) is 4.79 Å². The summed E-state index contributed by atoms with van der Waals surface area (Å²) in [5.41, 5.74) is -0.999. The van der Waals surface area contributed by atoms with E-state index in [1.807, 2.05) is 0 Å². The van der Waals surface area contributed by atoms with Gasteiger partial charge in [0.15, 0.2) is 11.0 Å². The van der Waals surface area contributed by atoms with Gasteiger partial charge in [-0.2, -0.15) is 0 Å². The van der Waals surface area contributed by atoms with Crippen molar-refractivity contribution < 1.29 is 39.8 Å². The predicted molar refractivity (Wildman–Crippen MR) is 78.5 cm³/mol. The minimum Gasteiger partial charge on any atom is -0.507 e. The monoisotopic (exact) mass is 340 g/mol. The number of ether oxygens (including phenoxy) is 1. The lowest BCUT2D eigenvalue weighted by Crippen LogP contribution is -2.55. The molecule has 1 aromatic heterocycles. The third-order valence-electron chi connectivity index (χ3n) is 4.11. The Bertz CT molecular complexity index is 812. The van der Waals surface area contributed by atoms with Gasteiger partial charge in [0.25, 0.3) is 0 Å². The van der Waals surface area contributed by atoms with Crippen LogP contribution in [0.1, 0.15) is 11.7 Å². The zero-order valence-electron chi connectivity index (χ0n) is 12.2. The van der Waals surface area contributed by atoms with Gasteiger partial charge in [-0.05, 0) is 0 Å². The highest BCUT2D eigenvalue weighted by Crippen LogP contribution is 2.42. The van der Waals surface area contributed by atoms with Crippen molar-refractivity contribution in [2.75, 3.05) is 6.61 Å². The van der Waals surface area contributed by atoms with Crippen molar-refractivity contribution in [3.63, 3.8) is 0 Å². The Morgan fingerprint density at radius 2 is 1.75 bits per heavy atom. The lowest BCUT2D eigenvalue weighted by atomic mass is 9.90. The van der Waals surface area contributed by atoms with E-state index in [0.29, 0.717) is 0 Å². The summed E-state index contributed by atoms with van der Waals surface area (Å²) in [7, 11) is 0. The van der Waals surface area contributed by atoms with Crippen molar-refractivity contribution in [1.82, 2.24) is 0 Å². The molecular formula is C15H16O9. The summed E-state index contributed by atoms with van der Waals surface area (Å²) in [5.74, 6) is -1.07. The summed E-state index contributed by atoms with van der Waals surface area (Å²) in [5, 5.41) is 58.9. The third kappa shape index (κ3) is 2.43. The molecule has 3 rings (SSSR count). The molecule has 1 aliphatic heterocycles. The second-order valence-corrected chi connectivity index (χ2v) is 5.57. The highest BCUT2D eigenvalue weighted by Gasteiger charge is 2.45. The molecule has 1 fully saturated rings. The Balaban J connectivity index is 2.22. The molecule has 0 radical (unpaired) electrons. The molecule has 1 saturated heterocycles. The van der Waals surface area contributed by atoms with E-state index < -0.39 is 54.1 Å². The first kappa shape index (κ1) is 16.7. The van der Waals surface area contributed by atoms with Gasteiger partial charge in [0.1, 0.15) is 47.4 Å². The molecule has 6 N–H and O–H groups in total. The zero-order chi connectivity index (χ0) is 17.6. The topological polar surface area (TPSA) is 161 Å². The Hall–Kier alpha value is -2.17. The van der Waals surface area contributed by atoms with Crippen LogP contribution < -0.4 is 5.43 Å². The number of aliphatic hydroxyl groups excluding tert-OH is 4. The second kappa shape index (κ2) is 6.04. The second-order valence-electron chi connectivity index (χ2n) is 5.57. The fourth-order valence-electron chi connectivity index (χ4n) is 2.87. The van der Waals surface area contributed by atoms with Crippen molar-refractivity contribution in [2.24, 2.45) is 0 Å². The van der Waals surface area contributed by atoms with Crippen molar-refractivity contribution >= 4 is 11.0 Å². The first-order valence-corrected chi connectivity index (χ1v) is 7.13. The van der Waals surface area contributed by atoms with Crippen LogP contribution in [-0.4, -0.2) is 61.7 Å². The normalized spacial score (nSPS) is 30.6. The predicted octanol–water partition coefficient (Wildman–Crippen LogP) is -1.28. The number of phenols is 2. The van der Waals surface area contributed by atoms with E-state index in [1.165, 1.54) is 0 Å². The molecular weight excluding hydrogens is 324 g/mol. The largest absolute Gasteiger partial charge is 0.507 e. The average molecular weight is 340 g/mol. The van der Waals surface area contributed by atoms with E-state index in [1.54, 1.807) is 0 Å². The molecule has 0 bridgehead atoms. The zero-order valence-corrected chi connectivity index (χ0v) is 12.2. The Morgan fingerprint density at radius 3 is 2.42 bits per heavy atom. The summed E-state index contributed by atoms with van der Waals surface area (Å²) >= 11 is 0. The van der Waals surface area contributed by atoms with E-state index >= 15 is 0 Å². The molecule has 130 valence electrons. The molecule has 0 aliphatic carbocycles. The summed E-state index contributed by atoms with van der Waals surface area (Å²) in [4.78, 5) is 11.9. The maximum Gasteiger partial charge on any atom is 0.196 e. The maximum atomic E-state index is 11.9. The van der Waals surface area contributed by atoms with Gasteiger partial charge < -0.3 is 39.8 Å². The van der Waals surface area contributed by atoms with E-state index in [9.17, 15) is 35.4 Å². The number of aromatic hydroxyl groups is 2. The summed E-state index contributed by atoms with van der Waals surface area (Å²) in [6.07, 6.45) is -6.48. The van der Waals surface area contributed by atoms with Crippen molar-refractivity contribution in [3.8, 4) is 11.5 Å². The number of hydrogen-bond donors (Lipinski definition) is 6. The highest BCUT2D eigenvalue weighted by atomic mass is 16.5. The van der Waals surface area contributed by atoms with Gasteiger partial charge in [0.05, 0.1) is 18.4 Å². The minimum atomic E-state index is -1.67. The van der Waals surface area contributed by atoms with Crippen LogP contribution in [0.25, 0.3) is 11.0 Å². The van der Waals surface area contributed by atoms with Gasteiger partial charge in [-0.15, -0.1) is 0 Å². The maximum absolute atomic E-state index is 11.9. The first-order valence-electron chi connectivity index (χ1n) is 7.13. The highest BCUT2D eigenvalue weighted by molar-refractivity contribution is 5.88. The van der Waals surface area contributed by atoms with Gasteiger partial charge in [-0.1, -0.05) is 0 Å². The summed E-state index contributed by atoms with van der Waals surface area (Å²) in [6, 6.07) is 1.95. The number of fused-ring (bicyclic) bond motifs is 1. The molecule has 1 aromatic carbocycles. The van der Waals surface area contributed by atoms with Crippen LogP contribution in [0.2, 0.25) is 0 Å². The minimum absolute atomic E-state index is 0.183. The Labute approximate surface area is 134 Å². The summed E-state index contributed by atoms with van der Waals surface area (Å²) in [6.45, 7) is -0.651. The Morgan fingerprint density at radius 1 is 1.04 bits per heavy atom. The van der Waals surface area contributed by atoms with E-state index in [-0.39, 0.29) is 16.5 Å². The average Bonchev–Trinajstić information content (AvgIpc) is 2.54. The molecule has 0 unspecified atom stereocenters. The van der Waals surface area contributed by atoms with Crippen LogP contribution in [0.3, 0.4) is 0 Å². The van der Waals surface area contributed by atoms with Gasteiger partial charge >= 0.3 is 0 Å². The molecule has 24 heavy (non-hydrogen) atoms. The van der Waals surface area contributed by atoms with Crippen molar-refractivity contribution in [2.45, 2.75) is 30.5 Å². The molecule has 1 aliphatic rings. The van der Waals surface area contributed by atoms with Crippen molar-refractivity contribution in [1.29, 1.82) is 0 Å². The molecule has 5 atom stereocenters. The molecule has 0 saturated carbocycles. The van der Waals surface area contributed by atoms with Gasteiger partial charge in [0.2, 0.25) is 0 Å². The van der Waals surface area contributed by atoms with E-state index in [0.717, 1.165) is 18.4 Å². The fourth-order valence-corrected chi connectivity index (χ4v) is 2.87. The van der Waals surface area contributed by atoms with Crippen LogP contribution in [0, 0.1) is 0 Å². The van der Waals surface area contributed by atoms with E-state index in [4.69, 9.17) is 9.15 Å². The quantitative estimate of drug-likeness (QED) is 0.391. The lowest BCUT2D eigenvalue weighted by molar-refractivity contribution is -0.231. The smallest absolute Gasteiger partial charge is 0.196 e. The standard InChI is InChI=1S/C15H16O9/c16-4-8-11(20)12(21)13(22)15(24-8)10-7(19)3-6(18)9-5(17)1-2-23-14(9)10/h1-3,8,11-13,15-16,18-22H,4H2/t8-,11-,12+,13-,15+/m1/s1. The van der Waals surface area contributed by atoms with Crippen molar-refractivity contribution in [3.05, 3.63) is 34.2 Å². The SMILES string of the molecule is O=c1ccoc2c([C@@H]3O[C@H](CO)[C@@H](O)[C@H](O)[C@H]3O)c(O)cc(O)c12. The van der Waals surface area contributed by atoms with Crippen LogP contribution in [0.5, 0.6) is 11.5 Å². The number of aliphatic hydroxyl groups is 4. The summed E-state index contributed by atoms with van der Waals surface area (Å²) < 4.78 is 10.6. The molecule has 0 spiro atoms. The van der Waals surface area contributed by atoms with E-state index in [2.05, 4.69) is 0 Å². The number of benzene rings is 1. The number of hydrogen-bond acceptors (Lipinski definition) is 9. The number of rotatable bonds is 2. The molecule has 0 amide bonds. The van der Waals surface area contributed by atoms with Crippen LogP contribution in [0.4, 0.5) is 0 Å². The van der Waals surface area contributed by atoms with Gasteiger partial charge in [0, 0.05) is 12.1 Å². The third-order valence-corrected chi connectivity index (χ3v) is 4.11. The first-order chi connectivity index (χ1) is 11.4. The molecule has 2 heterocycles. The molecule has 2 aromatic rings. The van der Waals surface area contributed by atoms with Gasteiger partial charge in [-0.25, -0.2) is 0 Å². The Kier molecular flexibility index (Phi) is 4.20. The number of phenolic OH excluding ortho intramolecular Hbond substituents is 2. The fraction of sp³-hybridized carbons (Fsp3) is 0.400. The molecule has 9 heteroatoms.